The van der Waals surface area contributed by atoms with Gasteiger partial charge in [0.05, 0.1) is 17.7 Å². The molecule has 122 valence electrons. The normalized spacial score (nSPS) is 11.2. The molecule has 0 radical (unpaired) electrons. The van der Waals surface area contributed by atoms with Crippen LogP contribution in [0.15, 0.2) is 46.9 Å². The van der Waals surface area contributed by atoms with E-state index in [1.807, 2.05) is 0 Å². The zero-order valence-corrected chi connectivity index (χ0v) is 13.6. The summed E-state index contributed by atoms with van der Waals surface area (Å²) in [4.78, 5) is 11.5. The maximum Gasteiger partial charge on any atom is 0.420 e. The third-order valence-electron chi connectivity index (χ3n) is 2.84. The fourth-order valence-electron chi connectivity index (χ4n) is 1.81. The number of hydrogen-bond acceptors (Lipinski definition) is 3. The number of carbonyl (C=O) groups excluding carboxylic acids is 1. The Labute approximate surface area is 139 Å². The van der Waals surface area contributed by atoms with Gasteiger partial charge in [0, 0.05) is 4.47 Å². The molecule has 0 atom stereocenters. The molecule has 2 aromatic rings. The van der Waals surface area contributed by atoms with E-state index in [0.717, 1.165) is 6.07 Å². The molecule has 2 rings (SSSR count). The number of benzene rings is 2. The van der Waals surface area contributed by atoms with Gasteiger partial charge in [-0.25, -0.2) is 4.79 Å². The highest BCUT2D eigenvalue weighted by Crippen LogP contribution is 2.39. The van der Waals surface area contributed by atoms with Crippen molar-refractivity contribution < 1.29 is 27.4 Å². The molecule has 0 aromatic heterocycles. The lowest BCUT2D eigenvalue weighted by Crippen LogP contribution is -2.07. The van der Waals surface area contributed by atoms with E-state index in [4.69, 9.17) is 9.47 Å². The molecule has 0 aliphatic heterocycles. The molecule has 2 aromatic carbocycles. The van der Waals surface area contributed by atoms with Crippen molar-refractivity contribution in [3.63, 3.8) is 0 Å². The summed E-state index contributed by atoms with van der Waals surface area (Å²) < 4.78 is 49.5. The molecule has 23 heavy (non-hydrogen) atoms. The van der Waals surface area contributed by atoms with E-state index in [0.29, 0.717) is 10.0 Å². The van der Waals surface area contributed by atoms with E-state index in [2.05, 4.69) is 15.9 Å². The second-order valence-electron chi connectivity index (χ2n) is 4.49. The van der Waals surface area contributed by atoms with Gasteiger partial charge in [-0.15, -0.1) is 0 Å². The number of carbonyl (C=O) groups is 1. The van der Waals surface area contributed by atoms with Crippen molar-refractivity contribution in [3.05, 3.63) is 58.1 Å². The maximum atomic E-state index is 13.0. The monoisotopic (exact) mass is 388 g/mol. The zero-order valence-electron chi connectivity index (χ0n) is 12.0. The molecule has 0 saturated carbocycles. The van der Waals surface area contributed by atoms with Crippen molar-refractivity contribution in [1.82, 2.24) is 0 Å². The summed E-state index contributed by atoms with van der Waals surface area (Å²) in [5.74, 6) is -0.630. The molecule has 0 N–H and O–H groups in total. The summed E-state index contributed by atoms with van der Waals surface area (Å²) >= 11 is 3.01. The Morgan fingerprint density at radius 3 is 2.35 bits per heavy atom. The number of alkyl halides is 3. The van der Waals surface area contributed by atoms with Crippen molar-refractivity contribution in [3.8, 4) is 11.5 Å². The highest BCUT2D eigenvalue weighted by Gasteiger charge is 2.34. The molecular formula is C16H12BrF3O3. The van der Waals surface area contributed by atoms with Gasteiger partial charge in [0.1, 0.15) is 11.5 Å². The average Bonchev–Trinajstić information content (AvgIpc) is 2.49. The standard InChI is InChI=1S/C16H12BrF3O3/c1-2-22-15(21)10-3-6-12(7-4-10)23-14-8-5-11(17)9-13(14)16(18,19)20/h3-9H,2H2,1H3. The van der Waals surface area contributed by atoms with Crippen LogP contribution in [0.5, 0.6) is 11.5 Å². The second-order valence-corrected chi connectivity index (χ2v) is 5.40. The van der Waals surface area contributed by atoms with Gasteiger partial charge in [-0.05, 0) is 49.4 Å². The predicted octanol–water partition coefficient (Wildman–Crippen LogP) is 5.44. The highest BCUT2D eigenvalue weighted by atomic mass is 79.9. The number of halogens is 4. The van der Waals surface area contributed by atoms with Gasteiger partial charge in [0.25, 0.3) is 0 Å². The van der Waals surface area contributed by atoms with Crippen molar-refractivity contribution in [2.24, 2.45) is 0 Å². The van der Waals surface area contributed by atoms with Crippen LogP contribution in [0.25, 0.3) is 0 Å². The Hall–Kier alpha value is -2.02. The molecule has 0 aliphatic rings. The van der Waals surface area contributed by atoms with Gasteiger partial charge < -0.3 is 9.47 Å². The van der Waals surface area contributed by atoms with Crippen LogP contribution in [0.3, 0.4) is 0 Å². The van der Waals surface area contributed by atoms with E-state index in [9.17, 15) is 18.0 Å². The smallest absolute Gasteiger partial charge is 0.420 e. The van der Waals surface area contributed by atoms with Crippen LogP contribution < -0.4 is 4.74 Å². The first-order valence-electron chi connectivity index (χ1n) is 6.63. The first-order chi connectivity index (χ1) is 10.8. The SMILES string of the molecule is CCOC(=O)c1ccc(Oc2ccc(Br)cc2C(F)(F)F)cc1. The lowest BCUT2D eigenvalue weighted by Gasteiger charge is -2.14. The zero-order chi connectivity index (χ0) is 17.0. The summed E-state index contributed by atoms with van der Waals surface area (Å²) in [5.41, 5.74) is -0.590. The van der Waals surface area contributed by atoms with Crippen LogP contribution in [0.4, 0.5) is 13.2 Å². The summed E-state index contributed by atoms with van der Waals surface area (Å²) in [6.45, 7) is 1.92. The van der Waals surface area contributed by atoms with E-state index >= 15 is 0 Å². The van der Waals surface area contributed by atoms with E-state index in [-0.39, 0.29) is 18.1 Å². The Kier molecular flexibility index (Phi) is 5.30. The molecule has 0 amide bonds. The van der Waals surface area contributed by atoms with Crippen molar-refractivity contribution >= 4 is 21.9 Å². The van der Waals surface area contributed by atoms with Crippen LogP contribution in [0.1, 0.15) is 22.8 Å². The summed E-state index contributed by atoms with van der Waals surface area (Å²) in [5, 5.41) is 0. The minimum absolute atomic E-state index is 0.186. The summed E-state index contributed by atoms with van der Waals surface area (Å²) in [6.07, 6.45) is -4.54. The minimum atomic E-state index is -4.54. The highest BCUT2D eigenvalue weighted by molar-refractivity contribution is 9.10. The van der Waals surface area contributed by atoms with Gasteiger partial charge in [0.2, 0.25) is 0 Å². The molecule has 0 heterocycles. The quantitative estimate of drug-likeness (QED) is 0.654. The number of esters is 1. The van der Waals surface area contributed by atoms with Crippen molar-refractivity contribution in [1.29, 1.82) is 0 Å². The molecule has 0 bridgehead atoms. The third kappa shape index (κ3) is 4.48. The summed E-state index contributed by atoms with van der Waals surface area (Å²) in [7, 11) is 0. The molecule has 7 heteroatoms. The van der Waals surface area contributed by atoms with Gasteiger partial charge in [0.15, 0.2) is 0 Å². The maximum absolute atomic E-state index is 13.0. The first kappa shape index (κ1) is 17.3. The van der Waals surface area contributed by atoms with Crippen molar-refractivity contribution in [2.45, 2.75) is 13.1 Å². The largest absolute Gasteiger partial charge is 0.462 e. The van der Waals surface area contributed by atoms with Crippen LogP contribution in [0.2, 0.25) is 0 Å². The number of ether oxygens (including phenoxy) is 2. The molecule has 3 nitrogen and oxygen atoms in total. The third-order valence-corrected chi connectivity index (χ3v) is 3.33. The second kappa shape index (κ2) is 7.04. The molecular weight excluding hydrogens is 377 g/mol. The van der Waals surface area contributed by atoms with E-state index in [1.165, 1.54) is 36.4 Å². The lowest BCUT2D eigenvalue weighted by molar-refractivity contribution is -0.138. The van der Waals surface area contributed by atoms with Crippen LogP contribution >= 0.6 is 15.9 Å². The molecule has 0 spiro atoms. The Balaban J connectivity index is 2.25. The minimum Gasteiger partial charge on any atom is -0.462 e. The molecule has 0 unspecified atom stereocenters. The molecule has 0 saturated heterocycles. The van der Waals surface area contributed by atoms with Gasteiger partial charge in [-0.3, -0.25) is 0 Å². The van der Waals surface area contributed by atoms with E-state index in [1.54, 1.807) is 6.92 Å². The predicted molar refractivity (Wildman–Crippen MR) is 81.6 cm³/mol. The van der Waals surface area contributed by atoms with Crippen LogP contribution in [-0.4, -0.2) is 12.6 Å². The van der Waals surface area contributed by atoms with Gasteiger partial charge in [-0.1, -0.05) is 15.9 Å². The molecule has 0 aliphatic carbocycles. The number of rotatable bonds is 4. The topological polar surface area (TPSA) is 35.5 Å². The van der Waals surface area contributed by atoms with E-state index < -0.39 is 17.7 Å². The Morgan fingerprint density at radius 1 is 1.13 bits per heavy atom. The van der Waals surface area contributed by atoms with Gasteiger partial charge in [-0.2, -0.15) is 13.2 Å². The lowest BCUT2D eigenvalue weighted by atomic mass is 10.2. The molecule has 0 fully saturated rings. The number of hydrogen-bond donors (Lipinski definition) is 0. The average molecular weight is 389 g/mol. The van der Waals surface area contributed by atoms with Crippen molar-refractivity contribution in [2.75, 3.05) is 6.61 Å². The summed E-state index contributed by atoms with van der Waals surface area (Å²) in [6, 6.07) is 9.31. The van der Waals surface area contributed by atoms with Crippen LogP contribution in [-0.2, 0) is 10.9 Å². The Morgan fingerprint density at radius 2 is 1.78 bits per heavy atom. The van der Waals surface area contributed by atoms with Gasteiger partial charge >= 0.3 is 12.1 Å². The fourth-order valence-corrected chi connectivity index (χ4v) is 2.17. The van der Waals surface area contributed by atoms with Crippen LogP contribution in [0, 0.1) is 0 Å². The fraction of sp³-hybridized carbons (Fsp3) is 0.188. The Bertz CT molecular complexity index is 697. The first-order valence-corrected chi connectivity index (χ1v) is 7.42.